The third-order valence-electron chi connectivity index (χ3n) is 3.62. The maximum absolute atomic E-state index is 6.00. The van der Waals surface area contributed by atoms with Gasteiger partial charge in [-0.15, -0.1) is 11.3 Å². The van der Waals surface area contributed by atoms with Gasteiger partial charge in [0.2, 0.25) is 0 Å². The standard InChI is InChI=1S/C16H18N2S/c1-11-4-5-16-14(7-11)15(10-18-16)12(9-17)8-13-3-2-6-19-13/h2-7,10,12,18H,8-9,17H2,1H3. The van der Waals surface area contributed by atoms with Gasteiger partial charge in [0.1, 0.15) is 0 Å². The van der Waals surface area contributed by atoms with Crippen LogP contribution in [-0.4, -0.2) is 11.5 Å². The number of hydrogen-bond donors (Lipinski definition) is 2. The van der Waals surface area contributed by atoms with Crippen molar-refractivity contribution < 1.29 is 0 Å². The van der Waals surface area contributed by atoms with Gasteiger partial charge in [0.15, 0.2) is 0 Å². The van der Waals surface area contributed by atoms with Crippen LogP contribution in [0.25, 0.3) is 10.9 Å². The molecule has 98 valence electrons. The fourth-order valence-electron chi connectivity index (χ4n) is 2.59. The largest absolute Gasteiger partial charge is 0.361 e. The minimum absolute atomic E-state index is 0.384. The summed E-state index contributed by atoms with van der Waals surface area (Å²) in [5.41, 5.74) is 9.83. The molecule has 0 radical (unpaired) electrons. The summed E-state index contributed by atoms with van der Waals surface area (Å²) in [4.78, 5) is 4.76. The lowest BCUT2D eigenvalue weighted by Crippen LogP contribution is -2.14. The maximum Gasteiger partial charge on any atom is 0.0457 e. The van der Waals surface area contributed by atoms with Crippen LogP contribution in [0.3, 0.4) is 0 Å². The van der Waals surface area contributed by atoms with Crippen molar-refractivity contribution in [2.45, 2.75) is 19.3 Å². The normalized spacial score (nSPS) is 12.9. The summed E-state index contributed by atoms with van der Waals surface area (Å²) in [5, 5.41) is 3.44. The van der Waals surface area contributed by atoms with Crippen molar-refractivity contribution in [2.24, 2.45) is 5.73 Å². The van der Waals surface area contributed by atoms with Gasteiger partial charge in [-0.1, -0.05) is 17.7 Å². The van der Waals surface area contributed by atoms with Gasteiger partial charge >= 0.3 is 0 Å². The first-order valence-corrected chi connectivity index (χ1v) is 7.46. The Morgan fingerprint density at radius 2 is 2.21 bits per heavy atom. The molecule has 0 saturated heterocycles. The van der Waals surface area contributed by atoms with E-state index in [0.29, 0.717) is 12.5 Å². The summed E-state index contributed by atoms with van der Waals surface area (Å²) < 4.78 is 0. The number of fused-ring (bicyclic) bond motifs is 1. The van der Waals surface area contributed by atoms with E-state index in [-0.39, 0.29) is 0 Å². The number of thiophene rings is 1. The number of benzene rings is 1. The van der Waals surface area contributed by atoms with E-state index in [2.05, 4.69) is 53.8 Å². The van der Waals surface area contributed by atoms with Crippen molar-refractivity contribution >= 4 is 22.2 Å². The number of aryl methyl sites for hydroxylation is 1. The van der Waals surface area contributed by atoms with E-state index in [1.807, 2.05) is 0 Å². The van der Waals surface area contributed by atoms with Crippen molar-refractivity contribution in [1.29, 1.82) is 0 Å². The van der Waals surface area contributed by atoms with Crippen LogP contribution in [0.4, 0.5) is 0 Å². The minimum Gasteiger partial charge on any atom is -0.361 e. The van der Waals surface area contributed by atoms with E-state index in [0.717, 1.165) is 6.42 Å². The second kappa shape index (κ2) is 5.19. The zero-order valence-electron chi connectivity index (χ0n) is 11.0. The van der Waals surface area contributed by atoms with E-state index >= 15 is 0 Å². The predicted octanol–water partition coefficient (Wildman–Crippen LogP) is 3.82. The Balaban J connectivity index is 1.99. The molecular weight excluding hydrogens is 252 g/mol. The van der Waals surface area contributed by atoms with Crippen LogP contribution < -0.4 is 5.73 Å². The molecule has 0 amide bonds. The van der Waals surface area contributed by atoms with Crippen molar-refractivity contribution in [2.75, 3.05) is 6.54 Å². The van der Waals surface area contributed by atoms with Gasteiger partial charge in [-0.2, -0.15) is 0 Å². The monoisotopic (exact) mass is 270 g/mol. The van der Waals surface area contributed by atoms with Crippen LogP contribution in [-0.2, 0) is 6.42 Å². The molecule has 3 rings (SSSR count). The number of aromatic amines is 1. The van der Waals surface area contributed by atoms with Crippen molar-refractivity contribution in [3.05, 3.63) is 57.9 Å². The Kier molecular flexibility index (Phi) is 3.40. The molecule has 3 aromatic rings. The maximum atomic E-state index is 6.00. The smallest absolute Gasteiger partial charge is 0.0457 e. The summed E-state index contributed by atoms with van der Waals surface area (Å²) in [6, 6.07) is 10.8. The minimum atomic E-state index is 0.384. The first-order valence-electron chi connectivity index (χ1n) is 6.58. The Morgan fingerprint density at radius 1 is 1.32 bits per heavy atom. The Morgan fingerprint density at radius 3 is 2.95 bits per heavy atom. The highest BCUT2D eigenvalue weighted by molar-refractivity contribution is 7.09. The highest BCUT2D eigenvalue weighted by atomic mass is 32.1. The molecule has 2 heterocycles. The second-order valence-corrected chi connectivity index (χ2v) is 6.04. The molecule has 3 N–H and O–H groups in total. The summed E-state index contributed by atoms with van der Waals surface area (Å²) in [6.07, 6.45) is 3.14. The van der Waals surface area contributed by atoms with Crippen LogP contribution in [0.15, 0.2) is 41.9 Å². The average molecular weight is 270 g/mol. The highest BCUT2D eigenvalue weighted by Gasteiger charge is 2.15. The Hall–Kier alpha value is -1.58. The molecule has 1 aromatic carbocycles. The second-order valence-electron chi connectivity index (χ2n) is 5.01. The van der Waals surface area contributed by atoms with Crippen LogP contribution in [0.5, 0.6) is 0 Å². The van der Waals surface area contributed by atoms with Gasteiger partial charge in [0, 0.05) is 27.9 Å². The molecule has 0 fully saturated rings. The number of nitrogens with one attached hydrogen (secondary N) is 1. The molecule has 0 aliphatic carbocycles. The van der Waals surface area contributed by atoms with Crippen LogP contribution in [0.1, 0.15) is 21.9 Å². The number of aromatic nitrogens is 1. The Bertz CT molecular complexity index is 667. The third kappa shape index (κ3) is 2.44. The molecule has 3 heteroatoms. The first kappa shape index (κ1) is 12.5. The summed E-state index contributed by atoms with van der Waals surface area (Å²) in [6.45, 7) is 2.81. The van der Waals surface area contributed by atoms with Crippen molar-refractivity contribution in [3.63, 3.8) is 0 Å². The molecule has 0 aliphatic rings. The number of H-pyrrole nitrogens is 1. The SMILES string of the molecule is Cc1ccc2[nH]cc(C(CN)Cc3cccs3)c2c1. The summed E-state index contributed by atoms with van der Waals surface area (Å²) in [7, 11) is 0. The topological polar surface area (TPSA) is 41.8 Å². The van der Waals surface area contributed by atoms with E-state index in [1.54, 1.807) is 11.3 Å². The van der Waals surface area contributed by atoms with E-state index in [9.17, 15) is 0 Å². The fourth-order valence-corrected chi connectivity index (χ4v) is 3.37. The summed E-state index contributed by atoms with van der Waals surface area (Å²) in [5.74, 6) is 0.384. The van der Waals surface area contributed by atoms with E-state index in [4.69, 9.17) is 5.73 Å². The van der Waals surface area contributed by atoms with Crippen molar-refractivity contribution in [3.8, 4) is 0 Å². The third-order valence-corrected chi connectivity index (χ3v) is 4.52. The molecule has 19 heavy (non-hydrogen) atoms. The van der Waals surface area contributed by atoms with Crippen LogP contribution in [0.2, 0.25) is 0 Å². The molecule has 0 saturated carbocycles. The highest BCUT2D eigenvalue weighted by Crippen LogP contribution is 2.29. The molecule has 1 unspecified atom stereocenters. The lowest BCUT2D eigenvalue weighted by atomic mass is 9.94. The van der Waals surface area contributed by atoms with E-state index < -0.39 is 0 Å². The molecule has 1 atom stereocenters. The first-order chi connectivity index (χ1) is 9.28. The quantitative estimate of drug-likeness (QED) is 0.743. The van der Waals surface area contributed by atoms with Gasteiger partial charge < -0.3 is 10.7 Å². The Labute approximate surface area is 117 Å². The number of rotatable bonds is 4. The molecule has 2 nitrogen and oxygen atoms in total. The number of nitrogens with two attached hydrogens (primary N) is 1. The lowest BCUT2D eigenvalue weighted by Gasteiger charge is -2.13. The van der Waals surface area contributed by atoms with Crippen molar-refractivity contribution in [1.82, 2.24) is 4.98 Å². The predicted molar refractivity (Wildman–Crippen MR) is 82.9 cm³/mol. The molecular formula is C16H18N2S. The average Bonchev–Trinajstić information content (AvgIpc) is 3.04. The van der Waals surface area contributed by atoms with Crippen LogP contribution >= 0.6 is 11.3 Å². The molecule has 2 aromatic heterocycles. The molecule has 0 aliphatic heterocycles. The zero-order chi connectivity index (χ0) is 13.2. The van der Waals surface area contributed by atoms with Gasteiger partial charge in [-0.3, -0.25) is 0 Å². The molecule has 0 spiro atoms. The lowest BCUT2D eigenvalue weighted by molar-refractivity contribution is 0.706. The van der Waals surface area contributed by atoms with Gasteiger partial charge in [-0.05, 0) is 49.0 Å². The van der Waals surface area contributed by atoms with Crippen LogP contribution in [0, 0.1) is 6.92 Å². The van der Waals surface area contributed by atoms with Gasteiger partial charge in [-0.25, -0.2) is 0 Å². The van der Waals surface area contributed by atoms with E-state index in [1.165, 1.54) is 26.9 Å². The number of hydrogen-bond acceptors (Lipinski definition) is 2. The zero-order valence-corrected chi connectivity index (χ0v) is 11.8. The van der Waals surface area contributed by atoms with Gasteiger partial charge in [0.05, 0.1) is 0 Å². The van der Waals surface area contributed by atoms with Gasteiger partial charge in [0.25, 0.3) is 0 Å². The summed E-state index contributed by atoms with van der Waals surface area (Å²) >= 11 is 1.81. The fraction of sp³-hybridized carbons (Fsp3) is 0.250. The molecule has 0 bridgehead atoms.